The monoisotopic (exact) mass is 1040 g/mol. The molecule has 0 N–H and O–H groups in total. The normalized spacial score (nSPS) is 18.2. The van der Waals surface area contributed by atoms with E-state index in [1.165, 1.54) is 96.3 Å². The standard InChI is InChI=1S/C56H112O16/c1-6-11-16-21-26-57-31-36-62-41-42-67-51-52-53(68-47-43-63-37-32-58-27-22-17-12-7-2)54(69-48-44-64-38-33-59-28-23-18-13-8-3)55(70-49-45-65-39-34-60-29-24-19-14-9-4)56(72-52)71-50-46-66-40-35-61-30-25-20-15-10-5/h52-56H,6-51H2,1-5H3/t52-,53-,54+,55-,56?/m1/s1. The quantitative estimate of drug-likeness (QED) is 0.0532. The molecule has 0 aromatic rings. The zero-order chi connectivity index (χ0) is 51.7. The predicted octanol–water partition coefficient (Wildman–Crippen LogP) is 9.97. The van der Waals surface area contributed by atoms with Gasteiger partial charge in [0.2, 0.25) is 0 Å². The molecular formula is C56H112O16. The summed E-state index contributed by atoms with van der Waals surface area (Å²) >= 11 is 0. The Labute approximate surface area is 440 Å². The summed E-state index contributed by atoms with van der Waals surface area (Å²) in [6.45, 7) is 23.5. The summed E-state index contributed by atoms with van der Waals surface area (Å²) in [6.07, 6.45) is 20.1. The molecule has 0 amide bonds. The number of hydrogen-bond acceptors (Lipinski definition) is 16. The maximum absolute atomic E-state index is 6.75. The molecule has 5 atom stereocenters. The lowest BCUT2D eigenvalue weighted by molar-refractivity contribution is -0.326. The van der Waals surface area contributed by atoms with E-state index < -0.39 is 30.7 Å². The topological polar surface area (TPSA) is 148 Å². The van der Waals surface area contributed by atoms with Crippen LogP contribution in [0.15, 0.2) is 0 Å². The molecule has 1 heterocycles. The molecule has 0 saturated carbocycles. The summed E-state index contributed by atoms with van der Waals surface area (Å²) in [4.78, 5) is 0. The van der Waals surface area contributed by atoms with E-state index in [9.17, 15) is 0 Å². The summed E-state index contributed by atoms with van der Waals surface area (Å²) in [7, 11) is 0. The Hall–Kier alpha value is -0.640. The number of unbranched alkanes of at least 4 members (excludes halogenated alkanes) is 15. The third kappa shape index (κ3) is 44.5. The maximum Gasteiger partial charge on any atom is 0.187 e. The van der Waals surface area contributed by atoms with E-state index in [2.05, 4.69) is 34.6 Å². The van der Waals surface area contributed by atoms with E-state index in [1.54, 1.807) is 0 Å². The van der Waals surface area contributed by atoms with Crippen LogP contribution in [-0.2, 0) is 75.8 Å². The van der Waals surface area contributed by atoms with Gasteiger partial charge in [0.25, 0.3) is 0 Å². The molecule has 72 heavy (non-hydrogen) atoms. The van der Waals surface area contributed by atoms with Crippen LogP contribution in [0.3, 0.4) is 0 Å². The zero-order valence-electron chi connectivity index (χ0n) is 46.9. The third-order valence-corrected chi connectivity index (χ3v) is 11.9. The van der Waals surface area contributed by atoms with Crippen molar-refractivity contribution < 1.29 is 75.8 Å². The van der Waals surface area contributed by atoms with Gasteiger partial charge in [-0.05, 0) is 32.1 Å². The Bertz CT molecular complexity index is 1020. The minimum Gasteiger partial charge on any atom is -0.379 e. The van der Waals surface area contributed by atoms with Gasteiger partial charge in [-0.3, -0.25) is 0 Å². The molecule has 0 aromatic carbocycles. The average molecular weight is 1040 g/mol. The Balaban J connectivity index is 3.10. The van der Waals surface area contributed by atoms with Crippen molar-refractivity contribution >= 4 is 0 Å². The van der Waals surface area contributed by atoms with Gasteiger partial charge in [0.1, 0.15) is 24.4 Å². The molecule has 16 nitrogen and oxygen atoms in total. The Kier molecular flexibility index (Phi) is 55.9. The van der Waals surface area contributed by atoms with Gasteiger partial charge in [-0.1, -0.05) is 131 Å². The van der Waals surface area contributed by atoms with E-state index in [0.717, 1.165) is 65.1 Å². The largest absolute Gasteiger partial charge is 0.379 e. The minimum atomic E-state index is -0.827. The summed E-state index contributed by atoms with van der Waals surface area (Å²) in [5, 5.41) is 0. The van der Waals surface area contributed by atoms with Crippen LogP contribution in [0.4, 0.5) is 0 Å². The molecule has 432 valence electrons. The Morgan fingerprint density at radius 2 is 0.472 bits per heavy atom. The molecule has 1 saturated heterocycles. The highest BCUT2D eigenvalue weighted by atomic mass is 16.7. The molecule has 0 radical (unpaired) electrons. The van der Waals surface area contributed by atoms with Gasteiger partial charge in [0.15, 0.2) is 6.29 Å². The zero-order valence-corrected chi connectivity index (χ0v) is 46.9. The molecule has 0 aliphatic carbocycles. The van der Waals surface area contributed by atoms with Crippen LogP contribution in [0.25, 0.3) is 0 Å². The van der Waals surface area contributed by atoms with E-state index in [1.807, 2.05) is 0 Å². The summed E-state index contributed by atoms with van der Waals surface area (Å²) in [5.74, 6) is 0. The maximum atomic E-state index is 6.75. The van der Waals surface area contributed by atoms with Crippen molar-refractivity contribution in [2.24, 2.45) is 0 Å². The first kappa shape index (κ1) is 69.4. The first-order valence-electron chi connectivity index (χ1n) is 29.2. The summed E-state index contributed by atoms with van der Waals surface area (Å²) in [6, 6.07) is 0. The fourth-order valence-corrected chi connectivity index (χ4v) is 7.75. The van der Waals surface area contributed by atoms with Crippen molar-refractivity contribution in [2.45, 2.75) is 194 Å². The van der Waals surface area contributed by atoms with Crippen LogP contribution in [0.2, 0.25) is 0 Å². The Morgan fingerprint density at radius 1 is 0.222 bits per heavy atom. The highest BCUT2D eigenvalue weighted by Gasteiger charge is 2.49. The molecule has 1 aliphatic heterocycles. The van der Waals surface area contributed by atoms with Gasteiger partial charge in [0.05, 0.1) is 139 Å². The fraction of sp³-hybridized carbons (Fsp3) is 1.00. The van der Waals surface area contributed by atoms with Crippen molar-refractivity contribution in [1.29, 1.82) is 0 Å². The molecule has 0 aromatic heterocycles. The Morgan fingerprint density at radius 3 is 0.792 bits per heavy atom. The van der Waals surface area contributed by atoms with Crippen molar-refractivity contribution in [3.63, 3.8) is 0 Å². The minimum absolute atomic E-state index is 0.209. The first-order chi connectivity index (χ1) is 35.7. The van der Waals surface area contributed by atoms with Crippen LogP contribution in [0.1, 0.15) is 163 Å². The van der Waals surface area contributed by atoms with Gasteiger partial charge >= 0.3 is 0 Å². The number of ether oxygens (including phenoxy) is 16. The lowest BCUT2D eigenvalue weighted by Crippen LogP contribution is -2.62. The van der Waals surface area contributed by atoms with E-state index in [4.69, 9.17) is 75.8 Å². The molecule has 0 spiro atoms. The lowest BCUT2D eigenvalue weighted by Gasteiger charge is -2.45. The van der Waals surface area contributed by atoms with Crippen LogP contribution in [0, 0.1) is 0 Å². The predicted molar refractivity (Wildman–Crippen MR) is 284 cm³/mol. The SMILES string of the molecule is CCCCCCOCCOCCOC[C@H]1OC(OCCOCCOCCCCCC)[C@H](OCCOCCOCCCCCC)[C@@H](OCCOCCOCCCCCC)[C@@H]1OCCOCCOCCCCCC. The fourth-order valence-electron chi connectivity index (χ4n) is 7.75. The molecule has 1 rings (SSSR count). The van der Waals surface area contributed by atoms with Crippen LogP contribution >= 0.6 is 0 Å². The molecule has 1 unspecified atom stereocenters. The van der Waals surface area contributed by atoms with Gasteiger partial charge < -0.3 is 75.8 Å². The molecule has 16 heteroatoms. The van der Waals surface area contributed by atoms with Gasteiger partial charge in [-0.15, -0.1) is 0 Å². The molecule has 1 aliphatic rings. The van der Waals surface area contributed by atoms with Crippen molar-refractivity contribution in [2.75, 3.05) is 172 Å². The second-order valence-electron chi connectivity index (χ2n) is 18.4. The van der Waals surface area contributed by atoms with Crippen LogP contribution in [0.5, 0.6) is 0 Å². The van der Waals surface area contributed by atoms with Crippen molar-refractivity contribution in [3.05, 3.63) is 0 Å². The summed E-state index contributed by atoms with van der Waals surface area (Å²) in [5.41, 5.74) is 0. The number of hydrogen-bond donors (Lipinski definition) is 0. The molecular weight excluding hydrogens is 929 g/mol. The lowest BCUT2D eigenvalue weighted by atomic mass is 9.98. The number of rotatable bonds is 61. The average Bonchev–Trinajstić information content (AvgIpc) is 3.39. The van der Waals surface area contributed by atoms with E-state index in [0.29, 0.717) is 112 Å². The molecule has 0 bridgehead atoms. The van der Waals surface area contributed by atoms with Crippen LogP contribution < -0.4 is 0 Å². The third-order valence-electron chi connectivity index (χ3n) is 11.9. The van der Waals surface area contributed by atoms with Crippen LogP contribution in [-0.4, -0.2) is 202 Å². The first-order valence-corrected chi connectivity index (χ1v) is 29.2. The highest BCUT2D eigenvalue weighted by Crippen LogP contribution is 2.29. The van der Waals surface area contributed by atoms with Crippen molar-refractivity contribution in [1.82, 2.24) is 0 Å². The van der Waals surface area contributed by atoms with Gasteiger partial charge in [-0.25, -0.2) is 0 Å². The van der Waals surface area contributed by atoms with E-state index >= 15 is 0 Å². The highest BCUT2D eigenvalue weighted by molar-refractivity contribution is 4.93. The second-order valence-corrected chi connectivity index (χ2v) is 18.4. The summed E-state index contributed by atoms with van der Waals surface area (Å²) < 4.78 is 98.1. The van der Waals surface area contributed by atoms with Crippen molar-refractivity contribution in [3.8, 4) is 0 Å². The van der Waals surface area contributed by atoms with Gasteiger partial charge in [-0.2, -0.15) is 0 Å². The second kappa shape index (κ2) is 58.1. The van der Waals surface area contributed by atoms with Gasteiger partial charge in [0, 0.05) is 33.0 Å². The smallest absolute Gasteiger partial charge is 0.187 e. The molecule has 1 fully saturated rings. The van der Waals surface area contributed by atoms with E-state index in [-0.39, 0.29) is 26.4 Å².